The Hall–Kier alpha value is -1.21. The first-order valence-corrected chi connectivity index (χ1v) is 8.63. The summed E-state index contributed by atoms with van der Waals surface area (Å²) in [5, 5.41) is 3.20. The first-order chi connectivity index (χ1) is 9.98. The Morgan fingerprint density at radius 2 is 1.90 bits per heavy atom. The van der Waals surface area contributed by atoms with E-state index in [2.05, 4.69) is 10.2 Å². The quantitative estimate of drug-likeness (QED) is 0.925. The van der Waals surface area contributed by atoms with Crippen LogP contribution in [-0.4, -0.2) is 44.8 Å². The number of sulfone groups is 1. The number of fused-ring (bicyclic) bond motifs is 2. The van der Waals surface area contributed by atoms with Crippen molar-refractivity contribution in [2.24, 2.45) is 5.92 Å². The number of nitrogens with one attached hydrogen (secondary N) is 1. The molecule has 1 aromatic rings. The maximum absolute atomic E-state index is 12.8. The van der Waals surface area contributed by atoms with Gasteiger partial charge in [-0.25, -0.2) is 8.42 Å². The molecule has 2 aliphatic heterocycles. The van der Waals surface area contributed by atoms with Gasteiger partial charge in [0.2, 0.25) is 9.84 Å². The summed E-state index contributed by atoms with van der Waals surface area (Å²) in [6.07, 6.45) is 1.98. The molecular formula is C14H18F2N2O2S. The third-order valence-electron chi connectivity index (χ3n) is 4.40. The van der Waals surface area contributed by atoms with Crippen LogP contribution in [0.4, 0.5) is 14.5 Å². The predicted molar refractivity (Wildman–Crippen MR) is 76.2 cm³/mol. The van der Waals surface area contributed by atoms with E-state index in [-0.39, 0.29) is 10.9 Å². The molecule has 2 saturated heterocycles. The summed E-state index contributed by atoms with van der Waals surface area (Å²) in [6.45, 7) is 3.04. The maximum atomic E-state index is 12.8. The number of halogens is 2. The van der Waals surface area contributed by atoms with Crippen molar-refractivity contribution in [3.63, 3.8) is 0 Å². The standard InChI is InChI=1S/C14H18F2N2O2S/c15-14(16)21(19,20)13-4-2-1-3-12(13)17-11-6-8-18-7-5-10(11)9-18/h1-4,10-11,14,17H,5-9H2. The molecule has 2 bridgehead atoms. The smallest absolute Gasteiger partial charge is 0.341 e. The molecule has 1 aromatic carbocycles. The van der Waals surface area contributed by atoms with Crippen LogP contribution < -0.4 is 5.32 Å². The third-order valence-corrected chi connectivity index (χ3v) is 5.84. The number of nitrogens with zero attached hydrogens (tertiary/aromatic N) is 1. The van der Waals surface area contributed by atoms with Crippen LogP contribution >= 0.6 is 0 Å². The lowest BCUT2D eigenvalue weighted by Gasteiger charge is -2.32. The zero-order valence-electron chi connectivity index (χ0n) is 11.5. The van der Waals surface area contributed by atoms with Crippen molar-refractivity contribution in [1.29, 1.82) is 0 Å². The van der Waals surface area contributed by atoms with Crippen LogP contribution in [0.25, 0.3) is 0 Å². The van der Waals surface area contributed by atoms with Crippen molar-refractivity contribution < 1.29 is 17.2 Å². The van der Waals surface area contributed by atoms with E-state index in [1.54, 1.807) is 12.1 Å². The minimum absolute atomic E-state index is 0.151. The largest absolute Gasteiger partial charge is 0.381 e. The summed E-state index contributed by atoms with van der Waals surface area (Å²) in [5.41, 5.74) is 0.295. The summed E-state index contributed by atoms with van der Waals surface area (Å²) in [7, 11) is -4.58. The van der Waals surface area contributed by atoms with Gasteiger partial charge in [-0.1, -0.05) is 12.1 Å². The summed E-state index contributed by atoms with van der Waals surface area (Å²) in [4.78, 5) is 2.07. The van der Waals surface area contributed by atoms with Crippen LogP contribution in [0.2, 0.25) is 0 Å². The number of para-hydroxylation sites is 1. The Balaban J connectivity index is 1.86. The highest BCUT2D eigenvalue weighted by atomic mass is 32.2. The molecule has 7 heteroatoms. The molecule has 0 aliphatic carbocycles. The second kappa shape index (κ2) is 5.53. The average Bonchev–Trinajstić information content (AvgIpc) is 2.85. The number of alkyl halides is 2. The summed E-state index contributed by atoms with van der Waals surface area (Å²) >= 11 is 0. The van der Waals surface area contributed by atoms with Crippen LogP contribution in [0.1, 0.15) is 12.8 Å². The average molecular weight is 316 g/mol. The fraction of sp³-hybridized carbons (Fsp3) is 0.571. The van der Waals surface area contributed by atoms with Gasteiger partial charge in [-0.2, -0.15) is 8.78 Å². The van der Waals surface area contributed by atoms with E-state index >= 15 is 0 Å². The molecule has 3 atom stereocenters. The second-order valence-electron chi connectivity index (χ2n) is 5.69. The molecule has 2 fully saturated rings. The second-order valence-corrected chi connectivity index (χ2v) is 7.58. The Kier molecular flexibility index (Phi) is 3.88. The van der Waals surface area contributed by atoms with Crippen molar-refractivity contribution in [2.45, 2.75) is 29.5 Å². The highest BCUT2D eigenvalue weighted by Crippen LogP contribution is 2.32. The Morgan fingerprint density at radius 1 is 1.19 bits per heavy atom. The van der Waals surface area contributed by atoms with Gasteiger partial charge in [0.15, 0.2) is 0 Å². The zero-order valence-corrected chi connectivity index (χ0v) is 12.3. The lowest BCUT2D eigenvalue weighted by Crippen LogP contribution is -2.39. The maximum Gasteiger partial charge on any atom is 0.341 e. The first kappa shape index (κ1) is 14.7. The molecule has 3 unspecified atom stereocenters. The van der Waals surface area contributed by atoms with Gasteiger partial charge in [-0.15, -0.1) is 0 Å². The normalized spacial score (nSPS) is 28.8. The lowest BCUT2D eigenvalue weighted by atomic mass is 9.94. The topological polar surface area (TPSA) is 49.4 Å². The number of hydrogen-bond acceptors (Lipinski definition) is 4. The van der Waals surface area contributed by atoms with Crippen LogP contribution in [-0.2, 0) is 9.84 Å². The number of hydrogen-bond donors (Lipinski definition) is 1. The summed E-state index contributed by atoms with van der Waals surface area (Å²) in [6, 6.07) is 6.09. The van der Waals surface area contributed by atoms with Gasteiger partial charge in [0, 0.05) is 19.1 Å². The molecule has 1 N–H and O–H groups in total. The van der Waals surface area contributed by atoms with E-state index in [0.29, 0.717) is 11.6 Å². The van der Waals surface area contributed by atoms with Gasteiger partial charge in [0.1, 0.15) is 0 Å². The number of benzene rings is 1. The van der Waals surface area contributed by atoms with Gasteiger partial charge in [-0.05, 0) is 37.4 Å². The number of piperidine rings is 1. The van der Waals surface area contributed by atoms with Gasteiger partial charge in [0.25, 0.3) is 0 Å². The van der Waals surface area contributed by atoms with Crippen molar-refractivity contribution in [2.75, 3.05) is 25.0 Å². The molecule has 2 aliphatic rings. The molecular weight excluding hydrogens is 298 g/mol. The Morgan fingerprint density at radius 3 is 2.67 bits per heavy atom. The van der Waals surface area contributed by atoms with Crippen LogP contribution in [0.3, 0.4) is 0 Å². The van der Waals surface area contributed by atoms with Crippen molar-refractivity contribution >= 4 is 15.5 Å². The molecule has 0 aromatic heterocycles. The SMILES string of the molecule is O=S(=O)(c1ccccc1NC1CCN2CCC1C2)C(F)F. The molecule has 0 saturated carbocycles. The first-order valence-electron chi connectivity index (χ1n) is 7.08. The monoisotopic (exact) mass is 316 g/mol. The Bertz CT molecular complexity index is 621. The third kappa shape index (κ3) is 2.76. The predicted octanol–water partition coefficient (Wildman–Crippen LogP) is 2.19. The van der Waals surface area contributed by atoms with Gasteiger partial charge in [-0.3, -0.25) is 0 Å². The minimum Gasteiger partial charge on any atom is -0.381 e. The van der Waals surface area contributed by atoms with Gasteiger partial charge in [0.05, 0.1) is 10.6 Å². The van der Waals surface area contributed by atoms with Crippen molar-refractivity contribution in [3.8, 4) is 0 Å². The van der Waals surface area contributed by atoms with E-state index < -0.39 is 15.6 Å². The molecule has 116 valence electrons. The fourth-order valence-corrected chi connectivity index (χ4v) is 4.16. The van der Waals surface area contributed by atoms with Gasteiger partial charge >= 0.3 is 5.76 Å². The molecule has 2 heterocycles. The van der Waals surface area contributed by atoms with E-state index in [1.165, 1.54) is 12.1 Å². The minimum atomic E-state index is -4.58. The summed E-state index contributed by atoms with van der Waals surface area (Å²) in [5.74, 6) is -2.94. The summed E-state index contributed by atoms with van der Waals surface area (Å²) < 4.78 is 49.1. The molecule has 4 nitrogen and oxygen atoms in total. The molecule has 0 radical (unpaired) electrons. The molecule has 3 rings (SSSR count). The zero-order chi connectivity index (χ0) is 15.0. The van der Waals surface area contributed by atoms with E-state index in [1.807, 2.05) is 0 Å². The van der Waals surface area contributed by atoms with Crippen molar-refractivity contribution in [3.05, 3.63) is 24.3 Å². The molecule has 21 heavy (non-hydrogen) atoms. The number of rotatable bonds is 4. The van der Waals surface area contributed by atoms with Crippen LogP contribution in [0.15, 0.2) is 29.2 Å². The fourth-order valence-electron chi connectivity index (χ4n) is 3.27. The van der Waals surface area contributed by atoms with Crippen LogP contribution in [0, 0.1) is 5.92 Å². The van der Waals surface area contributed by atoms with E-state index in [4.69, 9.17) is 0 Å². The lowest BCUT2D eigenvalue weighted by molar-refractivity contribution is 0.234. The van der Waals surface area contributed by atoms with E-state index in [0.717, 1.165) is 32.5 Å². The van der Waals surface area contributed by atoms with E-state index in [9.17, 15) is 17.2 Å². The number of anilines is 1. The molecule has 0 spiro atoms. The van der Waals surface area contributed by atoms with Gasteiger partial charge < -0.3 is 10.2 Å². The highest BCUT2D eigenvalue weighted by Gasteiger charge is 2.35. The highest BCUT2D eigenvalue weighted by molar-refractivity contribution is 7.91. The van der Waals surface area contributed by atoms with Crippen LogP contribution in [0.5, 0.6) is 0 Å². The Labute approximate surface area is 123 Å². The molecule has 0 amide bonds. The van der Waals surface area contributed by atoms with Crippen molar-refractivity contribution in [1.82, 2.24) is 4.90 Å².